The zero-order valence-corrected chi connectivity index (χ0v) is 11.1. The first-order chi connectivity index (χ1) is 9.20. The fourth-order valence-corrected chi connectivity index (χ4v) is 1.88. The summed E-state index contributed by atoms with van der Waals surface area (Å²) in [5.41, 5.74) is 1.37. The molecule has 0 aliphatic rings. The average molecular weight is 259 g/mol. The van der Waals surface area contributed by atoms with Gasteiger partial charge in [0.25, 0.3) is 5.91 Å². The number of benzene rings is 1. The van der Waals surface area contributed by atoms with Gasteiger partial charge < -0.3 is 5.32 Å². The van der Waals surface area contributed by atoms with Crippen LogP contribution in [-0.4, -0.2) is 32.2 Å². The van der Waals surface area contributed by atoms with Crippen molar-refractivity contribution in [3.8, 4) is 5.69 Å². The number of rotatable bonds is 5. The van der Waals surface area contributed by atoms with E-state index in [1.807, 2.05) is 19.1 Å². The molecule has 0 spiro atoms. The van der Waals surface area contributed by atoms with Gasteiger partial charge in [-0.1, -0.05) is 19.4 Å². The molecule has 19 heavy (non-hydrogen) atoms. The Morgan fingerprint density at radius 3 is 3.00 bits per heavy atom. The minimum absolute atomic E-state index is 0.0733. The van der Waals surface area contributed by atoms with Crippen LogP contribution in [0.25, 0.3) is 5.69 Å². The number of hydrogen-bond acceptors (Lipinski definition) is 4. The molecule has 0 saturated carbocycles. The third kappa shape index (κ3) is 3.37. The lowest BCUT2D eigenvalue weighted by atomic mass is 10.1. The van der Waals surface area contributed by atoms with Crippen molar-refractivity contribution in [2.75, 3.05) is 0 Å². The number of amides is 1. The van der Waals surface area contributed by atoms with Crippen molar-refractivity contribution in [3.05, 3.63) is 36.2 Å². The first kappa shape index (κ1) is 13.2. The van der Waals surface area contributed by atoms with Gasteiger partial charge in [-0.05, 0) is 42.0 Å². The third-order valence-electron chi connectivity index (χ3n) is 2.82. The van der Waals surface area contributed by atoms with Crippen LogP contribution in [0.15, 0.2) is 30.6 Å². The molecule has 0 bridgehead atoms. The Morgan fingerprint density at radius 1 is 1.47 bits per heavy atom. The lowest BCUT2D eigenvalue weighted by molar-refractivity contribution is 0.0938. The lowest BCUT2D eigenvalue weighted by Crippen LogP contribution is -2.32. The van der Waals surface area contributed by atoms with E-state index in [4.69, 9.17) is 0 Å². The number of aromatic nitrogens is 4. The van der Waals surface area contributed by atoms with Crippen LogP contribution >= 0.6 is 0 Å². The Balaban J connectivity index is 2.12. The summed E-state index contributed by atoms with van der Waals surface area (Å²) in [4.78, 5) is 12.1. The molecule has 0 saturated heterocycles. The maximum Gasteiger partial charge on any atom is 0.251 e. The summed E-state index contributed by atoms with van der Waals surface area (Å²) >= 11 is 0. The van der Waals surface area contributed by atoms with E-state index >= 15 is 0 Å². The Bertz CT molecular complexity index is 538. The second-order valence-electron chi connectivity index (χ2n) is 4.47. The molecule has 6 heteroatoms. The van der Waals surface area contributed by atoms with E-state index in [0.29, 0.717) is 5.56 Å². The van der Waals surface area contributed by atoms with Gasteiger partial charge in [-0.2, -0.15) is 0 Å². The molecule has 1 atom stereocenters. The van der Waals surface area contributed by atoms with E-state index < -0.39 is 0 Å². The van der Waals surface area contributed by atoms with Crippen molar-refractivity contribution in [2.45, 2.75) is 32.7 Å². The van der Waals surface area contributed by atoms with E-state index in [0.717, 1.165) is 18.5 Å². The van der Waals surface area contributed by atoms with Gasteiger partial charge in [-0.15, -0.1) is 5.10 Å². The SMILES string of the molecule is CCCC(C)NC(=O)c1cccc(-n2cnnn2)c1. The van der Waals surface area contributed by atoms with Crippen molar-refractivity contribution >= 4 is 5.91 Å². The van der Waals surface area contributed by atoms with Crippen LogP contribution in [0.5, 0.6) is 0 Å². The molecule has 1 amide bonds. The summed E-state index contributed by atoms with van der Waals surface area (Å²) in [6.45, 7) is 4.10. The van der Waals surface area contributed by atoms with E-state index in [9.17, 15) is 4.79 Å². The molecular weight excluding hydrogens is 242 g/mol. The fourth-order valence-electron chi connectivity index (χ4n) is 1.88. The zero-order valence-electron chi connectivity index (χ0n) is 11.1. The second-order valence-corrected chi connectivity index (χ2v) is 4.47. The largest absolute Gasteiger partial charge is 0.350 e. The molecule has 1 aromatic carbocycles. The van der Waals surface area contributed by atoms with Gasteiger partial charge in [0, 0.05) is 11.6 Å². The summed E-state index contributed by atoms with van der Waals surface area (Å²) in [5.74, 6) is -0.0733. The maximum atomic E-state index is 12.1. The number of carbonyl (C=O) groups is 1. The molecule has 1 N–H and O–H groups in total. The monoisotopic (exact) mass is 259 g/mol. The highest BCUT2D eigenvalue weighted by atomic mass is 16.1. The summed E-state index contributed by atoms with van der Waals surface area (Å²) in [6, 6.07) is 7.39. The van der Waals surface area contributed by atoms with Gasteiger partial charge >= 0.3 is 0 Å². The van der Waals surface area contributed by atoms with Gasteiger partial charge in [0.05, 0.1) is 5.69 Å². The lowest BCUT2D eigenvalue weighted by Gasteiger charge is -2.13. The van der Waals surface area contributed by atoms with Gasteiger partial charge in [0.1, 0.15) is 6.33 Å². The normalized spacial score (nSPS) is 12.1. The number of nitrogens with zero attached hydrogens (tertiary/aromatic N) is 4. The average Bonchev–Trinajstić information content (AvgIpc) is 2.93. The van der Waals surface area contributed by atoms with Crippen molar-refractivity contribution < 1.29 is 4.79 Å². The van der Waals surface area contributed by atoms with E-state index in [1.54, 1.807) is 12.1 Å². The van der Waals surface area contributed by atoms with Crippen LogP contribution in [0.3, 0.4) is 0 Å². The predicted octanol–water partition coefficient (Wildman–Crippen LogP) is 1.58. The van der Waals surface area contributed by atoms with E-state index in [1.165, 1.54) is 11.0 Å². The number of tetrazole rings is 1. The van der Waals surface area contributed by atoms with Gasteiger partial charge in [-0.25, -0.2) is 4.68 Å². The smallest absolute Gasteiger partial charge is 0.251 e. The predicted molar refractivity (Wildman–Crippen MR) is 71.0 cm³/mol. The van der Waals surface area contributed by atoms with Gasteiger partial charge in [0.15, 0.2) is 0 Å². The van der Waals surface area contributed by atoms with Crippen molar-refractivity contribution in [3.63, 3.8) is 0 Å². The molecule has 1 heterocycles. The standard InChI is InChI=1S/C13H17N5O/c1-3-5-10(2)15-13(19)11-6-4-7-12(8-11)18-9-14-16-17-18/h4,6-10H,3,5H2,1-2H3,(H,15,19). The number of hydrogen-bond donors (Lipinski definition) is 1. The van der Waals surface area contributed by atoms with Crippen LogP contribution in [0.2, 0.25) is 0 Å². The van der Waals surface area contributed by atoms with Crippen LogP contribution in [0.4, 0.5) is 0 Å². The quantitative estimate of drug-likeness (QED) is 0.884. The van der Waals surface area contributed by atoms with Crippen LogP contribution in [-0.2, 0) is 0 Å². The highest BCUT2D eigenvalue weighted by Gasteiger charge is 2.10. The van der Waals surface area contributed by atoms with Crippen molar-refractivity contribution in [1.82, 2.24) is 25.5 Å². The van der Waals surface area contributed by atoms with Crippen LogP contribution in [0, 0.1) is 0 Å². The molecular formula is C13H17N5O. The van der Waals surface area contributed by atoms with E-state index in [2.05, 4.69) is 27.8 Å². The Labute approximate surface area is 111 Å². The molecule has 6 nitrogen and oxygen atoms in total. The molecule has 1 unspecified atom stereocenters. The first-order valence-electron chi connectivity index (χ1n) is 6.35. The fraction of sp³-hybridized carbons (Fsp3) is 0.385. The van der Waals surface area contributed by atoms with Crippen molar-refractivity contribution in [2.24, 2.45) is 0 Å². The van der Waals surface area contributed by atoms with E-state index in [-0.39, 0.29) is 11.9 Å². The minimum atomic E-state index is -0.0733. The molecule has 0 radical (unpaired) electrons. The molecule has 0 aliphatic carbocycles. The Hall–Kier alpha value is -2.24. The highest BCUT2D eigenvalue weighted by molar-refractivity contribution is 5.94. The summed E-state index contributed by atoms with van der Waals surface area (Å²) in [5, 5.41) is 13.9. The van der Waals surface area contributed by atoms with Gasteiger partial charge in [0.2, 0.25) is 0 Å². The Morgan fingerprint density at radius 2 is 2.32 bits per heavy atom. The third-order valence-corrected chi connectivity index (χ3v) is 2.82. The van der Waals surface area contributed by atoms with Crippen LogP contribution in [0.1, 0.15) is 37.0 Å². The Kier molecular flexibility index (Phi) is 4.22. The second kappa shape index (κ2) is 6.08. The van der Waals surface area contributed by atoms with Gasteiger partial charge in [-0.3, -0.25) is 4.79 Å². The molecule has 2 aromatic rings. The summed E-state index contributed by atoms with van der Waals surface area (Å²) in [7, 11) is 0. The molecule has 0 aliphatic heterocycles. The highest BCUT2D eigenvalue weighted by Crippen LogP contribution is 2.09. The minimum Gasteiger partial charge on any atom is -0.350 e. The molecule has 0 fully saturated rings. The number of nitrogens with one attached hydrogen (secondary N) is 1. The first-order valence-corrected chi connectivity index (χ1v) is 6.35. The maximum absolute atomic E-state index is 12.1. The molecule has 100 valence electrons. The zero-order chi connectivity index (χ0) is 13.7. The number of carbonyl (C=O) groups excluding carboxylic acids is 1. The molecule has 1 aromatic heterocycles. The molecule has 2 rings (SSSR count). The topological polar surface area (TPSA) is 72.7 Å². The van der Waals surface area contributed by atoms with Crippen LogP contribution < -0.4 is 5.32 Å². The summed E-state index contributed by atoms with van der Waals surface area (Å²) in [6.07, 6.45) is 3.52. The summed E-state index contributed by atoms with van der Waals surface area (Å²) < 4.78 is 1.52. The van der Waals surface area contributed by atoms with Crippen molar-refractivity contribution in [1.29, 1.82) is 0 Å².